The van der Waals surface area contributed by atoms with Gasteiger partial charge in [0.1, 0.15) is 6.04 Å². The van der Waals surface area contributed by atoms with Gasteiger partial charge >= 0.3 is 0 Å². The molecule has 0 unspecified atom stereocenters. The van der Waals surface area contributed by atoms with E-state index >= 15 is 0 Å². The summed E-state index contributed by atoms with van der Waals surface area (Å²) in [6.45, 7) is 1.10. The van der Waals surface area contributed by atoms with E-state index in [1.54, 1.807) is 23.1 Å². The molecule has 2 aliphatic rings. The number of hydrogen-bond donors (Lipinski definition) is 1. The maximum Gasteiger partial charge on any atom is 0.255 e. The molecule has 0 saturated carbocycles. The van der Waals surface area contributed by atoms with Gasteiger partial charge in [0.25, 0.3) is 5.91 Å². The zero-order chi connectivity index (χ0) is 14.1. The van der Waals surface area contributed by atoms with Crippen molar-refractivity contribution in [3.63, 3.8) is 0 Å². The molecule has 1 aromatic rings. The van der Waals surface area contributed by atoms with Gasteiger partial charge in [-0.15, -0.1) is 0 Å². The van der Waals surface area contributed by atoms with Gasteiger partial charge in [0, 0.05) is 18.7 Å². The average Bonchev–Trinajstić information content (AvgIpc) is 2.64. The molecular weight excluding hydrogens is 254 g/mol. The highest BCUT2D eigenvalue weighted by molar-refractivity contribution is 6.01. The SMILES string of the molecule is N#Cc1ccc2c(c1)CN([C@H]1CCCCNC1=O)C2=O. The van der Waals surface area contributed by atoms with Crippen molar-refractivity contribution in [2.45, 2.75) is 31.8 Å². The van der Waals surface area contributed by atoms with E-state index < -0.39 is 0 Å². The zero-order valence-corrected chi connectivity index (χ0v) is 11.1. The summed E-state index contributed by atoms with van der Waals surface area (Å²) in [6, 6.07) is 6.76. The van der Waals surface area contributed by atoms with Crippen LogP contribution in [0.2, 0.25) is 0 Å². The van der Waals surface area contributed by atoms with Gasteiger partial charge in [-0.3, -0.25) is 9.59 Å². The topological polar surface area (TPSA) is 73.2 Å². The fourth-order valence-electron chi connectivity index (χ4n) is 2.89. The van der Waals surface area contributed by atoms with Gasteiger partial charge in [0.2, 0.25) is 5.91 Å². The lowest BCUT2D eigenvalue weighted by molar-refractivity contribution is -0.125. The number of benzene rings is 1. The lowest BCUT2D eigenvalue weighted by atomic mass is 10.1. The Kier molecular flexibility index (Phi) is 3.15. The van der Waals surface area contributed by atoms with Gasteiger partial charge < -0.3 is 10.2 Å². The molecule has 1 fully saturated rings. The van der Waals surface area contributed by atoms with Crippen LogP contribution < -0.4 is 5.32 Å². The van der Waals surface area contributed by atoms with E-state index in [0.29, 0.717) is 30.6 Å². The van der Waals surface area contributed by atoms with E-state index in [2.05, 4.69) is 11.4 Å². The molecule has 0 aromatic heterocycles. The molecule has 5 heteroatoms. The molecule has 1 N–H and O–H groups in total. The minimum atomic E-state index is -0.386. The van der Waals surface area contributed by atoms with Crippen LogP contribution in [0.1, 0.15) is 40.7 Å². The molecule has 0 spiro atoms. The second-order valence-electron chi connectivity index (χ2n) is 5.22. The molecule has 2 heterocycles. The first-order valence-electron chi connectivity index (χ1n) is 6.82. The molecule has 20 heavy (non-hydrogen) atoms. The number of amides is 2. The van der Waals surface area contributed by atoms with Gasteiger partial charge in [-0.25, -0.2) is 0 Å². The Morgan fingerprint density at radius 3 is 2.95 bits per heavy atom. The van der Waals surface area contributed by atoms with E-state index in [1.807, 2.05) is 0 Å². The summed E-state index contributed by atoms with van der Waals surface area (Å²) in [5.41, 5.74) is 2.00. The predicted octanol–water partition coefficient (Wildman–Crippen LogP) is 1.18. The number of nitriles is 1. The predicted molar refractivity (Wildman–Crippen MR) is 71.7 cm³/mol. The van der Waals surface area contributed by atoms with Crippen molar-refractivity contribution in [3.8, 4) is 6.07 Å². The molecule has 102 valence electrons. The van der Waals surface area contributed by atoms with Gasteiger partial charge in [0.05, 0.1) is 11.6 Å². The van der Waals surface area contributed by atoms with Crippen LogP contribution in [-0.4, -0.2) is 29.3 Å². The Bertz CT molecular complexity index is 618. The minimum Gasteiger partial charge on any atom is -0.354 e. The van der Waals surface area contributed by atoms with Crippen LogP contribution in [0.4, 0.5) is 0 Å². The minimum absolute atomic E-state index is 0.0656. The van der Waals surface area contributed by atoms with Crippen molar-refractivity contribution in [2.75, 3.05) is 6.54 Å². The summed E-state index contributed by atoms with van der Waals surface area (Å²) in [6.07, 6.45) is 2.60. The third kappa shape index (κ3) is 2.03. The molecule has 2 amide bonds. The molecule has 1 atom stereocenters. The number of carbonyl (C=O) groups excluding carboxylic acids is 2. The average molecular weight is 269 g/mol. The summed E-state index contributed by atoms with van der Waals surface area (Å²) in [7, 11) is 0. The highest BCUT2D eigenvalue weighted by Gasteiger charge is 2.36. The van der Waals surface area contributed by atoms with Crippen LogP contribution in [0.25, 0.3) is 0 Å². The number of carbonyl (C=O) groups is 2. The van der Waals surface area contributed by atoms with Crippen molar-refractivity contribution in [1.82, 2.24) is 10.2 Å². The monoisotopic (exact) mass is 269 g/mol. The van der Waals surface area contributed by atoms with Gasteiger partial charge in [0.15, 0.2) is 0 Å². The van der Waals surface area contributed by atoms with Crippen LogP contribution in [0, 0.1) is 11.3 Å². The van der Waals surface area contributed by atoms with E-state index in [9.17, 15) is 9.59 Å². The number of nitrogens with zero attached hydrogens (tertiary/aromatic N) is 2. The molecule has 1 saturated heterocycles. The van der Waals surface area contributed by atoms with Gasteiger partial charge in [-0.1, -0.05) is 0 Å². The first kappa shape index (κ1) is 12.7. The molecule has 0 bridgehead atoms. The number of rotatable bonds is 1. The van der Waals surface area contributed by atoms with E-state index in [4.69, 9.17) is 5.26 Å². The Morgan fingerprint density at radius 2 is 2.15 bits per heavy atom. The fourth-order valence-corrected chi connectivity index (χ4v) is 2.89. The molecule has 3 rings (SSSR count). The Labute approximate surface area is 117 Å². The number of fused-ring (bicyclic) bond motifs is 1. The van der Waals surface area contributed by atoms with Crippen LogP contribution in [0.15, 0.2) is 18.2 Å². The van der Waals surface area contributed by atoms with Crippen LogP contribution in [0.5, 0.6) is 0 Å². The maximum absolute atomic E-state index is 12.4. The molecule has 1 aromatic carbocycles. The first-order chi connectivity index (χ1) is 9.70. The summed E-state index contributed by atoms with van der Waals surface area (Å²) in [5.74, 6) is -0.171. The van der Waals surface area contributed by atoms with Crippen molar-refractivity contribution < 1.29 is 9.59 Å². The van der Waals surface area contributed by atoms with Crippen LogP contribution >= 0.6 is 0 Å². The maximum atomic E-state index is 12.4. The second kappa shape index (κ2) is 4.97. The normalized spacial score (nSPS) is 21.9. The molecule has 5 nitrogen and oxygen atoms in total. The van der Waals surface area contributed by atoms with E-state index in [1.165, 1.54) is 0 Å². The number of hydrogen-bond acceptors (Lipinski definition) is 3. The number of nitrogens with one attached hydrogen (secondary N) is 1. The Balaban J connectivity index is 1.89. The van der Waals surface area contributed by atoms with Crippen molar-refractivity contribution in [1.29, 1.82) is 5.26 Å². The van der Waals surface area contributed by atoms with Crippen LogP contribution in [0.3, 0.4) is 0 Å². The fraction of sp³-hybridized carbons (Fsp3) is 0.400. The van der Waals surface area contributed by atoms with Crippen molar-refractivity contribution in [2.24, 2.45) is 0 Å². The summed E-state index contributed by atoms with van der Waals surface area (Å²) in [5, 5.41) is 11.8. The summed E-state index contributed by atoms with van der Waals surface area (Å²) >= 11 is 0. The van der Waals surface area contributed by atoms with E-state index in [0.717, 1.165) is 18.4 Å². The summed E-state index contributed by atoms with van der Waals surface area (Å²) < 4.78 is 0. The highest BCUT2D eigenvalue weighted by Crippen LogP contribution is 2.27. The summed E-state index contributed by atoms with van der Waals surface area (Å²) in [4.78, 5) is 26.1. The van der Waals surface area contributed by atoms with Crippen LogP contribution in [-0.2, 0) is 11.3 Å². The quantitative estimate of drug-likeness (QED) is 0.832. The Morgan fingerprint density at radius 1 is 1.30 bits per heavy atom. The molecular formula is C15H15N3O2. The third-order valence-corrected chi connectivity index (χ3v) is 3.95. The standard InChI is InChI=1S/C15H15N3O2/c16-8-10-4-5-12-11(7-10)9-18(15(12)20)13-3-1-2-6-17-14(13)19/h4-5,7,13H,1-3,6,9H2,(H,17,19)/t13-/m0/s1. The smallest absolute Gasteiger partial charge is 0.255 e. The van der Waals surface area contributed by atoms with Gasteiger partial charge in [-0.2, -0.15) is 5.26 Å². The van der Waals surface area contributed by atoms with Crippen molar-refractivity contribution >= 4 is 11.8 Å². The highest BCUT2D eigenvalue weighted by atomic mass is 16.2. The van der Waals surface area contributed by atoms with Crippen molar-refractivity contribution in [3.05, 3.63) is 34.9 Å². The Hall–Kier alpha value is -2.35. The van der Waals surface area contributed by atoms with Gasteiger partial charge in [-0.05, 0) is 43.0 Å². The lowest BCUT2D eigenvalue weighted by Gasteiger charge is -2.25. The molecule has 0 aliphatic carbocycles. The first-order valence-corrected chi connectivity index (χ1v) is 6.82. The van der Waals surface area contributed by atoms with E-state index in [-0.39, 0.29) is 17.9 Å². The third-order valence-electron chi connectivity index (χ3n) is 3.95. The zero-order valence-electron chi connectivity index (χ0n) is 11.1. The molecule has 0 radical (unpaired) electrons. The largest absolute Gasteiger partial charge is 0.354 e. The second-order valence-corrected chi connectivity index (χ2v) is 5.22. The molecule has 2 aliphatic heterocycles. The lowest BCUT2D eigenvalue weighted by Crippen LogP contribution is -2.45.